The van der Waals surface area contributed by atoms with Crippen molar-refractivity contribution in [2.75, 3.05) is 13.1 Å². The van der Waals surface area contributed by atoms with Gasteiger partial charge in [-0.2, -0.15) is 0 Å². The van der Waals surface area contributed by atoms with Gasteiger partial charge in [0.15, 0.2) is 5.96 Å². The number of hydrogen-bond donors (Lipinski definition) is 14. The van der Waals surface area contributed by atoms with Crippen molar-refractivity contribution in [1.29, 1.82) is 0 Å². The average molecular weight is 647 g/mol. The number of aliphatic imine (C=N–C) groups is 1. The molecule has 0 aromatic carbocycles. The van der Waals surface area contributed by atoms with Crippen molar-refractivity contribution >= 4 is 47.7 Å². The van der Waals surface area contributed by atoms with Crippen LogP contribution in [0.15, 0.2) is 4.99 Å². The van der Waals surface area contributed by atoms with Crippen LogP contribution in [0.2, 0.25) is 0 Å². The molecule has 0 radical (unpaired) electrons. The Labute approximate surface area is 251 Å². The fourth-order valence-electron chi connectivity index (χ4n) is 1.61. The fourth-order valence-corrected chi connectivity index (χ4v) is 1.61. The zero-order valence-corrected chi connectivity index (χ0v) is 24.3. The van der Waals surface area contributed by atoms with Gasteiger partial charge in [-0.1, -0.05) is 13.8 Å². The Balaban J connectivity index is -0.000000147. The first-order chi connectivity index (χ1) is 19.9. The first-order valence-corrected chi connectivity index (χ1v) is 12.3. The Bertz CT molecular complexity index is 913. The second-order valence-electron chi connectivity index (χ2n) is 8.52. The molecule has 0 saturated carbocycles. The lowest BCUT2D eigenvalue weighted by molar-refractivity contribution is -0.144. The highest BCUT2D eigenvalue weighted by Gasteiger charge is 2.15. The summed E-state index contributed by atoms with van der Waals surface area (Å²) in [5.74, 6) is -7.56. The molecule has 0 aromatic heterocycles. The van der Waals surface area contributed by atoms with Crippen molar-refractivity contribution in [3.63, 3.8) is 0 Å². The van der Waals surface area contributed by atoms with E-state index in [9.17, 15) is 33.6 Å². The molecule has 0 fully saturated rings. The molecule has 4 unspecified atom stereocenters. The van der Waals surface area contributed by atoms with E-state index in [-0.39, 0.29) is 31.3 Å². The summed E-state index contributed by atoms with van der Waals surface area (Å²) >= 11 is 0. The molecule has 21 N–H and O–H groups in total. The summed E-state index contributed by atoms with van der Waals surface area (Å²) in [6.45, 7) is 3.70. The van der Waals surface area contributed by atoms with E-state index >= 15 is 0 Å². The van der Waals surface area contributed by atoms with E-state index in [1.165, 1.54) is 0 Å². The first kappa shape index (κ1) is 49.1. The van der Waals surface area contributed by atoms with Crippen molar-refractivity contribution in [1.82, 2.24) is 0 Å². The van der Waals surface area contributed by atoms with E-state index in [2.05, 4.69) is 10.7 Å². The van der Waals surface area contributed by atoms with Crippen LogP contribution in [0.25, 0.3) is 0 Å². The smallest absolute Gasteiger partial charge is 0.321 e. The van der Waals surface area contributed by atoms with Crippen LogP contribution in [0.5, 0.6) is 0 Å². The van der Waals surface area contributed by atoms with Gasteiger partial charge in [0, 0.05) is 13.0 Å². The predicted molar refractivity (Wildman–Crippen MR) is 153 cm³/mol. The highest BCUT2D eigenvalue weighted by molar-refractivity contribution is 5.80. The van der Waals surface area contributed by atoms with Gasteiger partial charge < -0.3 is 75.9 Å². The molecule has 0 aliphatic carbocycles. The third-order valence-corrected chi connectivity index (χ3v) is 4.16. The number of nitrogens with two attached hydrogens (primary N) is 7. The summed E-state index contributed by atoms with van der Waals surface area (Å²) in [5, 5.41) is 56.5. The lowest BCUT2D eigenvalue weighted by Gasteiger charge is -2.07. The highest BCUT2D eigenvalue weighted by Crippen LogP contribution is 1.96. The van der Waals surface area contributed by atoms with Crippen LogP contribution in [0.3, 0.4) is 0 Å². The molecule has 0 aliphatic rings. The van der Waals surface area contributed by atoms with Crippen molar-refractivity contribution in [2.24, 2.45) is 51.0 Å². The fraction of sp³-hybridized carbons (Fsp3) is 0.636. The monoisotopic (exact) mass is 646 g/mol. The maximum atomic E-state index is 10.2. The van der Waals surface area contributed by atoms with Crippen molar-refractivity contribution in [3.8, 4) is 0 Å². The molecule has 0 spiro atoms. The predicted octanol–water partition coefficient (Wildman–Crippen LogP) is -4.33. The Kier molecular flexibility index (Phi) is 33.3. The number of aliphatic carboxylic acids is 7. The topological polar surface area (TPSA) is 456 Å². The summed E-state index contributed by atoms with van der Waals surface area (Å²) in [5.41, 5.74) is 34.9. The van der Waals surface area contributed by atoms with Crippen molar-refractivity contribution in [3.05, 3.63) is 0 Å². The van der Waals surface area contributed by atoms with E-state index in [4.69, 9.17) is 70.1 Å². The second kappa shape index (κ2) is 29.8. The van der Waals surface area contributed by atoms with Crippen LogP contribution < -0.4 is 40.1 Å². The van der Waals surface area contributed by atoms with Crippen molar-refractivity contribution in [2.45, 2.75) is 70.1 Å². The van der Waals surface area contributed by atoms with E-state index in [1.54, 1.807) is 13.8 Å². The second-order valence-corrected chi connectivity index (χ2v) is 8.52. The van der Waals surface area contributed by atoms with Crippen LogP contribution >= 0.6 is 0 Å². The molecule has 0 amide bonds. The van der Waals surface area contributed by atoms with Crippen LogP contribution in [0.1, 0.15) is 46.0 Å². The largest absolute Gasteiger partial charge is 0.481 e. The standard InChI is InChI=1S/C6H14N4O2.C5H9NO4.C5H11NO2.C4H7NO4.C2H5NO2/c7-4(5(11)12)2-1-3-10-6(8)9;6-3(5(9)10)1-2-4(7)8;1-3(2)4(6)5(7)8;5-2(4(8)9)1-3(6)7;3-1-2(4)5/h4H,1-3,7H2,(H,11,12)(H4,8,9,10);3H,1-2,6H2,(H,7,8)(H,9,10);3-4H,6H2,1-2H3,(H,7,8);2H,1,5H2,(H,6,7)(H,8,9);1,3H2,(H,4,5). The molecule has 0 bridgehead atoms. The van der Waals surface area contributed by atoms with Crippen LogP contribution in [-0.2, 0) is 33.6 Å². The molecule has 0 saturated heterocycles. The van der Waals surface area contributed by atoms with Gasteiger partial charge in [0.25, 0.3) is 0 Å². The number of carbonyl (C=O) groups is 7. The Morgan fingerprint density at radius 1 is 0.614 bits per heavy atom. The zero-order valence-electron chi connectivity index (χ0n) is 24.3. The Hall–Kier alpha value is -4.64. The Morgan fingerprint density at radius 3 is 1.20 bits per heavy atom. The number of guanidine groups is 1. The minimum Gasteiger partial charge on any atom is -0.481 e. The lowest BCUT2D eigenvalue weighted by Crippen LogP contribution is -2.34. The highest BCUT2D eigenvalue weighted by atomic mass is 16.4. The lowest BCUT2D eigenvalue weighted by atomic mass is 10.1. The SMILES string of the molecule is CC(C)C(N)C(=O)O.NC(CC(=O)O)C(=O)O.NC(CCC(=O)O)C(=O)O.NC(N)=NCCCC(N)C(=O)O.NCC(=O)O. The number of hydrogen-bond acceptors (Lipinski definition) is 13. The molecular formula is C22H46N8O14. The van der Waals surface area contributed by atoms with Crippen LogP contribution in [-0.4, -0.2) is 121 Å². The number of carboxylic acid groups (broad SMARTS) is 7. The molecular weight excluding hydrogens is 600 g/mol. The molecule has 0 aromatic rings. The maximum absolute atomic E-state index is 10.2. The van der Waals surface area contributed by atoms with Gasteiger partial charge in [-0.15, -0.1) is 0 Å². The maximum Gasteiger partial charge on any atom is 0.321 e. The molecule has 4 atom stereocenters. The van der Waals surface area contributed by atoms with Crippen LogP contribution in [0.4, 0.5) is 0 Å². The molecule has 0 rings (SSSR count). The molecule has 258 valence electrons. The van der Waals surface area contributed by atoms with Gasteiger partial charge in [0.1, 0.15) is 24.2 Å². The minimum atomic E-state index is -1.29. The quantitative estimate of drug-likeness (QED) is 0.0454. The van der Waals surface area contributed by atoms with Gasteiger partial charge in [-0.25, -0.2) is 0 Å². The summed E-state index contributed by atoms with van der Waals surface area (Å²) in [6, 6.07) is -3.88. The molecule has 44 heavy (non-hydrogen) atoms. The average Bonchev–Trinajstić information content (AvgIpc) is 2.89. The summed E-state index contributed by atoms with van der Waals surface area (Å²) in [4.78, 5) is 72.6. The molecule has 0 aliphatic heterocycles. The van der Waals surface area contributed by atoms with E-state index in [0.29, 0.717) is 19.4 Å². The number of rotatable bonds is 15. The number of nitrogens with zero attached hydrogens (tertiary/aromatic N) is 1. The summed E-state index contributed by atoms with van der Waals surface area (Å²) < 4.78 is 0. The molecule has 22 nitrogen and oxygen atoms in total. The first-order valence-electron chi connectivity index (χ1n) is 12.3. The minimum absolute atomic E-state index is 0.0129. The third-order valence-electron chi connectivity index (χ3n) is 4.16. The third kappa shape index (κ3) is 44.4. The van der Waals surface area contributed by atoms with E-state index in [1.807, 2.05) is 0 Å². The van der Waals surface area contributed by atoms with Crippen LogP contribution in [0, 0.1) is 5.92 Å². The van der Waals surface area contributed by atoms with Gasteiger partial charge >= 0.3 is 41.8 Å². The molecule has 22 heteroatoms. The zero-order chi connectivity index (χ0) is 36.2. The summed E-state index contributed by atoms with van der Waals surface area (Å²) in [7, 11) is 0. The van der Waals surface area contributed by atoms with Gasteiger partial charge in [-0.05, 0) is 25.2 Å². The molecule has 0 heterocycles. The van der Waals surface area contributed by atoms with E-state index < -0.39 is 72.4 Å². The van der Waals surface area contributed by atoms with Gasteiger partial charge in [0.05, 0.1) is 13.0 Å². The van der Waals surface area contributed by atoms with Crippen molar-refractivity contribution < 1.29 is 69.3 Å². The Morgan fingerprint density at radius 2 is 1.00 bits per heavy atom. The van der Waals surface area contributed by atoms with E-state index in [0.717, 1.165) is 0 Å². The van der Waals surface area contributed by atoms with Gasteiger partial charge in [0.2, 0.25) is 0 Å². The summed E-state index contributed by atoms with van der Waals surface area (Å²) in [6.07, 6.45) is 0.199. The normalized spacial score (nSPS) is 12.1. The van der Waals surface area contributed by atoms with Gasteiger partial charge in [-0.3, -0.25) is 38.6 Å². The number of carboxylic acids is 7.